The molecule has 7 nitrogen and oxygen atoms in total. The van der Waals surface area contributed by atoms with Gasteiger partial charge in [-0.1, -0.05) is 60.7 Å². The van der Waals surface area contributed by atoms with Crippen LogP contribution < -0.4 is 11.1 Å². The van der Waals surface area contributed by atoms with E-state index in [-0.39, 0.29) is 0 Å². The molecule has 0 saturated carbocycles. The number of aryl methyl sites for hydroxylation is 1. The predicted molar refractivity (Wildman–Crippen MR) is 129 cm³/mol. The quantitative estimate of drug-likeness (QED) is 0.613. The molecule has 7 heteroatoms. The number of hydrogen-bond acceptors (Lipinski definition) is 4. The molecule has 0 aliphatic carbocycles. The second-order valence-corrected chi connectivity index (χ2v) is 7.99. The zero-order chi connectivity index (χ0) is 22.9. The molecular formula is C25H33N5O2. The van der Waals surface area contributed by atoms with Crippen molar-refractivity contribution in [2.24, 2.45) is 12.8 Å². The van der Waals surface area contributed by atoms with E-state index in [2.05, 4.69) is 45.6 Å². The highest BCUT2D eigenvalue weighted by Crippen LogP contribution is 2.27. The van der Waals surface area contributed by atoms with Gasteiger partial charge in [-0.05, 0) is 31.4 Å². The van der Waals surface area contributed by atoms with E-state index in [4.69, 9.17) is 10.5 Å². The number of urea groups is 1. The summed E-state index contributed by atoms with van der Waals surface area (Å²) in [4.78, 5) is 13.4. The number of methoxy groups -OCH3 is 1. The number of primary amides is 1. The number of ether oxygens (including phenoxy) is 1. The molecule has 1 aliphatic rings. The average Bonchev–Trinajstić information content (AvgIpc) is 3.39. The van der Waals surface area contributed by atoms with Crippen LogP contribution in [0.15, 0.2) is 60.7 Å². The number of anilines is 1. The molecule has 0 radical (unpaired) electrons. The van der Waals surface area contributed by atoms with E-state index in [1.165, 1.54) is 25.1 Å². The van der Waals surface area contributed by atoms with E-state index in [0.29, 0.717) is 5.82 Å². The summed E-state index contributed by atoms with van der Waals surface area (Å²) in [6.07, 6.45) is 1.29. The zero-order valence-electron chi connectivity index (χ0n) is 19.1. The molecule has 1 fully saturated rings. The number of benzene rings is 2. The van der Waals surface area contributed by atoms with E-state index >= 15 is 0 Å². The fourth-order valence-electron chi connectivity index (χ4n) is 4.04. The Morgan fingerprint density at radius 2 is 1.81 bits per heavy atom. The zero-order valence-corrected chi connectivity index (χ0v) is 19.1. The number of rotatable bonds is 6. The Bertz CT molecular complexity index is 988. The number of aromatic nitrogens is 2. The molecule has 0 bridgehead atoms. The van der Waals surface area contributed by atoms with Crippen molar-refractivity contribution in [1.82, 2.24) is 14.7 Å². The Morgan fingerprint density at radius 1 is 1.16 bits per heavy atom. The SMILES string of the molecule is COCCN1CCC(c2ccccc2)C1.Cc1c(-c2ccccc2)nn(C)c1NC(N)=O. The number of carbonyl (C=O) groups excluding carboxylic acids is 1. The first-order valence-electron chi connectivity index (χ1n) is 10.9. The van der Waals surface area contributed by atoms with E-state index in [1.54, 1.807) is 18.8 Å². The van der Waals surface area contributed by atoms with Crippen LogP contribution in [0, 0.1) is 6.92 Å². The molecular weight excluding hydrogens is 402 g/mol. The van der Waals surface area contributed by atoms with Crippen LogP contribution in [0.1, 0.15) is 23.5 Å². The lowest BCUT2D eigenvalue weighted by Crippen LogP contribution is -2.24. The van der Waals surface area contributed by atoms with E-state index in [0.717, 1.165) is 35.9 Å². The van der Waals surface area contributed by atoms with Crippen LogP contribution in [0.25, 0.3) is 11.3 Å². The first-order valence-corrected chi connectivity index (χ1v) is 10.9. The smallest absolute Gasteiger partial charge is 0.317 e. The van der Waals surface area contributed by atoms with Gasteiger partial charge in [0.1, 0.15) is 5.82 Å². The monoisotopic (exact) mass is 435 g/mol. The normalized spacial score (nSPS) is 15.8. The van der Waals surface area contributed by atoms with Crippen LogP contribution in [0.2, 0.25) is 0 Å². The van der Waals surface area contributed by atoms with Crippen molar-refractivity contribution >= 4 is 11.8 Å². The molecule has 4 rings (SSSR count). The summed E-state index contributed by atoms with van der Waals surface area (Å²) >= 11 is 0. The number of nitrogens with two attached hydrogens (primary N) is 1. The van der Waals surface area contributed by atoms with Crippen LogP contribution in [0.5, 0.6) is 0 Å². The highest BCUT2D eigenvalue weighted by atomic mass is 16.5. The maximum absolute atomic E-state index is 10.9. The second-order valence-electron chi connectivity index (χ2n) is 7.99. The maximum atomic E-state index is 10.9. The Balaban J connectivity index is 0.000000182. The average molecular weight is 436 g/mol. The lowest BCUT2D eigenvalue weighted by Gasteiger charge is -2.15. The van der Waals surface area contributed by atoms with Crippen LogP contribution in [0.4, 0.5) is 10.6 Å². The predicted octanol–water partition coefficient (Wildman–Crippen LogP) is 4.01. The van der Waals surface area contributed by atoms with Crippen LogP contribution in [-0.4, -0.2) is 54.1 Å². The summed E-state index contributed by atoms with van der Waals surface area (Å²) in [5.74, 6) is 1.35. The number of nitrogens with zero attached hydrogens (tertiary/aromatic N) is 3. The topological polar surface area (TPSA) is 85.4 Å². The minimum absolute atomic E-state index is 0.587. The van der Waals surface area contributed by atoms with Crippen molar-refractivity contribution in [3.63, 3.8) is 0 Å². The number of nitrogens with one attached hydrogen (secondary N) is 1. The fraction of sp³-hybridized carbons (Fsp3) is 0.360. The molecule has 3 N–H and O–H groups in total. The van der Waals surface area contributed by atoms with Gasteiger partial charge in [0.25, 0.3) is 0 Å². The number of hydrogen-bond donors (Lipinski definition) is 2. The molecule has 170 valence electrons. The van der Waals surface area contributed by atoms with Crippen molar-refractivity contribution in [3.8, 4) is 11.3 Å². The van der Waals surface area contributed by atoms with E-state index in [1.807, 2.05) is 37.3 Å². The van der Waals surface area contributed by atoms with Crippen LogP contribution >= 0.6 is 0 Å². The summed E-state index contributed by atoms with van der Waals surface area (Å²) < 4.78 is 6.72. The van der Waals surface area contributed by atoms with Crippen LogP contribution in [0.3, 0.4) is 0 Å². The Hall–Kier alpha value is -3.16. The summed E-state index contributed by atoms with van der Waals surface area (Å²) in [5.41, 5.74) is 9.36. The van der Waals surface area contributed by atoms with Gasteiger partial charge in [-0.2, -0.15) is 5.10 Å². The van der Waals surface area contributed by atoms with Gasteiger partial charge in [0.05, 0.1) is 12.3 Å². The molecule has 32 heavy (non-hydrogen) atoms. The van der Waals surface area contributed by atoms with Gasteiger partial charge >= 0.3 is 6.03 Å². The fourth-order valence-corrected chi connectivity index (χ4v) is 4.04. The number of likely N-dealkylation sites (tertiary alicyclic amines) is 1. The molecule has 1 aromatic heterocycles. The number of carbonyl (C=O) groups is 1. The highest BCUT2D eigenvalue weighted by Gasteiger charge is 2.22. The number of amides is 2. The molecule has 3 aromatic rings. The van der Waals surface area contributed by atoms with Crippen molar-refractivity contribution in [3.05, 3.63) is 71.8 Å². The van der Waals surface area contributed by atoms with Gasteiger partial charge in [-0.15, -0.1) is 0 Å². The second kappa shape index (κ2) is 11.5. The lowest BCUT2D eigenvalue weighted by molar-refractivity contribution is 0.160. The molecule has 2 heterocycles. The maximum Gasteiger partial charge on any atom is 0.317 e. The van der Waals surface area contributed by atoms with Crippen molar-refractivity contribution < 1.29 is 9.53 Å². The van der Waals surface area contributed by atoms with E-state index in [9.17, 15) is 4.79 Å². The summed E-state index contributed by atoms with van der Waals surface area (Å²) in [5, 5.41) is 6.95. The molecule has 1 unspecified atom stereocenters. The third-order valence-electron chi connectivity index (χ3n) is 5.73. The third-order valence-corrected chi connectivity index (χ3v) is 5.73. The summed E-state index contributed by atoms with van der Waals surface area (Å²) in [7, 11) is 3.54. The highest BCUT2D eigenvalue weighted by molar-refractivity contribution is 5.89. The molecule has 2 amide bonds. The van der Waals surface area contributed by atoms with Gasteiger partial charge in [0.2, 0.25) is 0 Å². The summed E-state index contributed by atoms with van der Waals surface area (Å²) in [6, 6.07) is 20.0. The lowest BCUT2D eigenvalue weighted by atomic mass is 9.99. The first kappa shape index (κ1) is 23.5. The standard InChI is InChI=1S/C13H19NO.C12H14N4O/c1-15-10-9-14-8-7-13(11-14)12-5-3-2-4-6-12;1-8-10(9-6-4-3-5-7-9)15-16(2)11(8)14-12(13)17/h2-6,13H,7-11H2,1H3;3-7H,1-2H3,(H3,13,14,17). The minimum Gasteiger partial charge on any atom is -0.383 e. The Kier molecular flexibility index (Phi) is 8.41. The van der Waals surface area contributed by atoms with Gasteiger partial charge in [0, 0.05) is 38.4 Å². The minimum atomic E-state index is -0.587. The summed E-state index contributed by atoms with van der Waals surface area (Å²) in [6.45, 7) is 6.22. The van der Waals surface area contributed by atoms with Crippen molar-refractivity contribution in [2.75, 3.05) is 38.7 Å². The molecule has 1 aliphatic heterocycles. The molecule has 2 aromatic carbocycles. The van der Waals surface area contributed by atoms with Crippen molar-refractivity contribution in [1.29, 1.82) is 0 Å². The first-order chi connectivity index (χ1) is 15.5. The van der Waals surface area contributed by atoms with Gasteiger partial charge in [0.15, 0.2) is 0 Å². The molecule has 1 saturated heterocycles. The van der Waals surface area contributed by atoms with Crippen LogP contribution in [-0.2, 0) is 11.8 Å². The Morgan fingerprint density at radius 3 is 2.44 bits per heavy atom. The Labute approximate surface area is 190 Å². The van der Waals surface area contributed by atoms with Crippen molar-refractivity contribution in [2.45, 2.75) is 19.3 Å². The van der Waals surface area contributed by atoms with Gasteiger partial charge in [-0.3, -0.25) is 10.00 Å². The van der Waals surface area contributed by atoms with Gasteiger partial charge < -0.3 is 15.4 Å². The van der Waals surface area contributed by atoms with E-state index < -0.39 is 6.03 Å². The van der Waals surface area contributed by atoms with Gasteiger partial charge in [-0.25, -0.2) is 4.79 Å². The molecule has 0 spiro atoms. The largest absolute Gasteiger partial charge is 0.383 e. The molecule has 1 atom stereocenters. The third kappa shape index (κ3) is 6.18.